The molecule has 3 fully saturated rings. The molecule has 1 atom stereocenters. The summed E-state index contributed by atoms with van der Waals surface area (Å²) in [6.07, 6.45) is 7.59. The zero-order valence-corrected chi connectivity index (χ0v) is 15.4. The normalized spacial score (nSPS) is 30.4. The van der Waals surface area contributed by atoms with Crippen molar-refractivity contribution in [2.45, 2.75) is 38.5 Å². The lowest BCUT2D eigenvalue weighted by molar-refractivity contribution is -0.138. The van der Waals surface area contributed by atoms with Crippen LogP contribution >= 0.6 is 0 Å². The molecule has 3 rings (SSSR count). The van der Waals surface area contributed by atoms with Crippen molar-refractivity contribution >= 4 is 15.7 Å². The highest BCUT2D eigenvalue weighted by atomic mass is 32.2. The molecule has 3 aliphatic heterocycles. The number of carbonyl (C=O) groups excluding carboxylic acids is 1. The molecular weight excluding hydrogens is 324 g/mol. The molecule has 3 heterocycles. The van der Waals surface area contributed by atoms with Crippen LogP contribution in [0.25, 0.3) is 0 Å². The first-order valence-corrected chi connectivity index (χ1v) is 11.0. The molecule has 0 aromatic rings. The van der Waals surface area contributed by atoms with Crippen LogP contribution in [0.2, 0.25) is 0 Å². The molecule has 5 nitrogen and oxygen atoms in total. The molecular formula is C18H30N2O3S. The standard InChI is InChI=1S/C18H30N2O3S/c1-2-9-20-15-18(6-5-17(20)21)7-10-19(11-8-18)13-16-4-3-12-24(22,23)14-16/h2,16H,1,3-15H2/t16-/m1/s1. The predicted octanol–water partition coefficient (Wildman–Crippen LogP) is 1.70. The van der Waals surface area contributed by atoms with Crippen LogP contribution in [0.4, 0.5) is 0 Å². The highest BCUT2D eigenvalue weighted by Crippen LogP contribution is 2.40. The monoisotopic (exact) mass is 354 g/mol. The number of likely N-dealkylation sites (tertiary alicyclic amines) is 2. The fourth-order valence-electron chi connectivity index (χ4n) is 4.67. The Kier molecular flexibility index (Phi) is 5.35. The second kappa shape index (κ2) is 7.16. The van der Waals surface area contributed by atoms with E-state index in [1.807, 2.05) is 11.0 Å². The van der Waals surface area contributed by atoms with Gasteiger partial charge in [-0.1, -0.05) is 6.08 Å². The van der Waals surface area contributed by atoms with E-state index in [-0.39, 0.29) is 11.3 Å². The van der Waals surface area contributed by atoms with E-state index in [4.69, 9.17) is 0 Å². The van der Waals surface area contributed by atoms with Crippen molar-refractivity contribution in [1.82, 2.24) is 9.80 Å². The molecule has 136 valence electrons. The number of nitrogens with zero attached hydrogens (tertiary/aromatic N) is 2. The molecule has 0 bridgehead atoms. The molecule has 1 amide bonds. The van der Waals surface area contributed by atoms with Crippen molar-refractivity contribution in [2.75, 3.05) is 44.2 Å². The molecule has 24 heavy (non-hydrogen) atoms. The topological polar surface area (TPSA) is 57.7 Å². The third-order valence-corrected chi connectivity index (χ3v) is 7.98. The zero-order valence-electron chi connectivity index (χ0n) is 14.6. The molecule has 0 saturated carbocycles. The lowest BCUT2D eigenvalue weighted by atomic mass is 9.72. The van der Waals surface area contributed by atoms with E-state index < -0.39 is 9.84 Å². The van der Waals surface area contributed by atoms with E-state index in [1.165, 1.54) is 0 Å². The largest absolute Gasteiger partial charge is 0.338 e. The summed E-state index contributed by atoms with van der Waals surface area (Å²) in [5.74, 6) is 1.31. The van der Waals surface area contributed by atoms with Crippen molar-refractivity contribution in [3.05, 3.63) is 12.7 Å². The van der Waals surface area contributed by atoms with Gasteiger partial charge in [0.15, 0.2) is 9.84 Å². The Bertz CT molecular complexity index is 579. The second-order valence-electron chi connectivity index (χ2n) is 7.99. The Morgan fingerprint density at radius 3 is 2.67 bits per heavy atom. The fourth-order valence-corrected chi connectivity index (χ4v) is 6.43. The summed E-state index contributed by atoms with van der Waals surface area (Å²) >= 11 is 0. The number of amides is 1. The van der Waals surface area contributed by atoms with Crippen molar-refractivity contribution in [1.29, 1.82) is 0 Å². The smallest absolute Gasteiger partial charge is 0.222 e. The van der Waals surface area contributed by atoms with E-state index in [2.05, 4.69) is 11.5 Å². The molecule has 0 unspecified atom stereocenters. The van der Waals surface area contributed by atoms with Gasteiger partial charge >= 0.3 is 0 Å². The summed E-state index contributed by atoms with van der Waals surface area (Å²) < 4.78 is 23.6. The second-order valence-corrected chi connectivity index (χ2v) is 10.2. The third-order valence-electron chi connectivity index (χ3n) is 6.09. The molecule has 0 N–H and O–H groups in total. The van der Waals surface area contributed by atoms with Crippen molar-refractivity contribution < 1.29 is 13.2 Å². The van der Waals surface area contributed by atoms with Gasteiger partial charge in [-0.05, 0) is 56.5 Å². The number of rotatable bonds is 4. The van der Waals surface area contributed by atoms with Gasteiger partial charge in [-0.2, -0.15) is 0 Å². The molecule has 0 aromatic heterocycles. The highest BCUT2D eigenvalue weighted by Gasteiger charge is 2.41. The van der Waals surface area contributed by atoms with Gasteiger partial charge < -0.3 is 9.80 Å². The maximum Gasteiger partial charge on any atom is 0.222 e. The fraction of sp³-hybridized carbons (Fsp3) is 0.833. The minimum Gasteiger partial charge on any atom is -0.338 e. The minimum absolute atomic E-state index is 0.260. The van der Waals surface area contributed by atoms with Gasteiger partial charge in [-0.3, -0.25) is 4.79 Å². The Balaban J connectivity index is 1.52. The molecule has 3 aliphatic rings. The quantitative estimate of drug-likeness (QED) is 0.721. The first-order valence-electron chi connectivity index (χ1n) is 9.23. The van der Waals surface area contributed by atoms with Crippen LogP contribution in [0, 0.1) is 11.3 Å². The van der Waals surface area contributed by atoms with Crippen molar-refractivity contribution in [2.24, 2.45) is 11.3 Å². The SMILES string of the molecule is C=CCN1CC2(CCC1=O)CCN(C[C@H]1CCCS(=O)(=O)C1)CC2. The number of carbonyl (C=O) groups is 1. The summed E-state index contributed by atoms with van der Waals surface area (Å²) in [5.41, 5.74) is 0.270. The van der Waals surface area contributed by atoms with Crippen LogP contribution in [0.5, 0.6) is 0 Å². The number of sulfone groups is 1. The van der Waals surface area contributed by atoms with Crippen molar-refractivity contribution in [3.8, 4) is 0 Å². The number of piperidine rings is 2. The third kappa shape index (κ3) is 4.20. The van der Waals surface area contributed by atoms with Crippen LogP contribution in [0.3, 0.4) is 0 Å². The van der Waals surface area contributed by atoms with Gasteiger partial charge in [0.25, 0.3) is 0 Å². The van der Waals surface area contributed by atoms with E-state index in [0.717, 1.165) is 58.3 Å². The van der Waals surface area contributed by atoms with E-state index >= 15 is 0 Å². The summed E-state index contributed by atoms with van der Waals surface area (Å²) in [6, 6.07) is 0. The zero-order chi connectivity index (χ0) is 17.2. The van der Waals surface area contributed by atoms with E-state index in [0.29, 0.717) is 30.4 Å². The molecule has 1 spiro atoms. The Morgan fingerprint density at radius 1 is 1.25 bits per heavy atom. The average Bonchev–Trinajstić information content (AvgIpc) is 2.53. The van der Waals surface area contributed by atoms with Gasteiger partial charge in [0, 0.05) is 26.1 Å². The lowest BCUT2D eigenvalue weighted by Crippen LogP contribution is -2.52. The molecule has 0 aliphatic carbocycles. The summed E-state index contributed by atoms with van der Waals surface area (Å²) in [6.45, 7) is 8.27. The molecule has 0 radical (unpaired) electrons. The van der Waals surface area contributed by atoms with Gasteiger partial charge in [0.05, 0.1) is 11.5 Å². The van der Waals surface area contributed by atoms with Gasteiger partial charge in [-0.15, -0.1) is 6.58 Å². The van der Waals surface area contributed by atoms with E-state index in [1.54, 1.807) is 0 Å². The van der Waals surface area contributed by atoms with Gasteiger partial charge in [0.1, 0.15) is 0 Å². The summed E-state index contributed by atoms with van der Waals surface area (Å²) in [4.78, 5) is 16.4. The van der Waals surface area contributed by atoms with Crippen LogP contribution in [0.15, 0.2) is 12.7 Å². The van der Waals surface area contributed by atoms with Crippen LogP contribution in [0.1, 0.15) is 38.5 Å². The van der Waals surface area contributed by atoms with Gasteiger partial charge in [-0.25, -0.2) is 8.42 Å². The summed E-state index contributed by atoms with van der Waals surface area (Å²) in [7, 11) is -2.81. The molecule has 6 heteroatoms. The minimum atomic E-state index is -2.81. The Labute approximate surface area is 146 Å². The van der Waals surface area contributed by atoms with Crippen LogP contribution in [-0.4, -0.2) is 68.4 Å². The Morgan fingerprint density at radius 2 is 2.00 bits per heavy atom. The first-order chi connectivity index (χ1) is 11.4. The van der Waals surface area contributed by atoms with Crippen molar-refractivity contribution in [3.63, 3.8) is 0 Å². The number of hydrogen-bond donors (Lipinski definition) is 0. The first kappa shape index (κ1) is 17.9. The van der Waals surface area contributed by atoms with Crippen LogP contribution in [-0.2, 0) is 14.6 Å². The average molecular weight is 355 g/mol. The Hall–Kier alpha value is -0.880. The highest BCUT2D eigenvalue weighted by molar-refractivity contribution is 7.91. The van der Waals surface area contributed by atoms with Gasteiger partial charge in [0.2, 0.25) is 5.91 Å². The van der Waals surface area contributed by atoms with Crippen LogP contribution < -0.4 is 0 Å². The van der Waals surface area contributed by atoms with E-state index in [9.17, 15) is 13.2 Å². The molecule has 0 aromatic carbocycles. The summed E-state index contributed by atoms with van der Waals surface area (Å²) in [5, 5.41) is 0. The molecule has 3 saturated heterocycles. The number of hydrogen-bond acceptors (Lipinski definition) is 4. The maximum atomic E-state index is 12.0. The predicted molar refractivity (Wildman–Crippen MR) is 95.5 cm³/mol. The maximum absolute atomic E-state index is 12.0. The lowest BCUT2D eigenvalue weighted by Gasteiger charge is -2.48.